The van der Waals surface area contributed by atoms with Crippen LogP contribution in [0.25, 0.3) is 0 Å². The van der Waals surface area contributed by atoms with Gasteiger partial charge in [-0.3, -0.25) is 4.79 Å². The largest absolute Gasteiger partial charge is 0.416 e. The molecule has 6 nitrogen and oxygen atoms in total. The van der Waals surface area contributed by atoms with Crippen molar-refractivity contribution < 1.29 is 27.5 Å². The minimum absolute atomic E-state index is 0.0798. The lowest BCUT2D eigenvalue weighted by molar-refractivity contribution is -0.143. The Kier molecular flexibility index (Phi) is 6.59. The monoisotopic (exact) mass is 427 g/mol. The van der Waals surface area contributed by atoms with Crippen molar-refractivity contribution >= 4 is 11.9 Å². The van der Waals surface area contributed by atoms with Crippen LogP contribution in [-0.4, -0.2) is 72.1 Å². The third-order valence-corrected chi connectivity index (χ3v) is 5.57. The van der Waals surface area contributed by atoms with E-state index in [0.29, 0.717) is 38.2 Å². The Labute approximate surface area is 174 Å². The first-order valence-corrected chi connectivity index (χ1v) is 10.1. The molecule has 0 spiro atoms. The van der Waals surface area contributed by atoms with Gasteiger partial charge in [-0.05, 0) is 30.0 Å². The van der Waals surface area contributed by atoms with Gasteiger partial charge in [0, 0.05) is 33.3 Å². The molecule has 166 valence electrons. The number of fused-ring (bicyclic) bond motifs is 1. The molecule has 30 heavy (non-hydrogen) atoms. The summed E-state index contributed by atoms with van der Waals surface area (Å²) >= 11 is 0. The summed E-state index contributed by atoms with van der Waals surface area (Å²) in [6.07, 6.45) is -3.89. The van der Waals surface area contributed by atoms with Crippen molar-refractivity contribution in [3.05, 3.63) is 35.4 Å². The first kappa shape index (κ1) is 22.4. The van der Waals surface area contributed by atoms with E-state index in [-0.39, 0.29) is 30.4 Å². The number of carbonyl (C=O) groups is 2. The Morgan fingerprint density at radius 2 is 1.87 bits per heavy atom. The average Bonchev–Trinajstić information content (AvgIpc) is 2.97. The molecule has 3 rings (SSSR count). The van der Waals surface area contributed by atoms with Gasteiger partial charge in [-0.15, -0.1) is 0 Å². The van der Waals surface area contributed by atoms with Crippen LogP contribution >= 0.6 is 0 Å². The zero-order valence-electron chi connectivity index (χ0n) is 17.5. The van der Waals surface area contributed by atoms with Crippen LogP contribution in [0.4, 0.5) is 18.0 Å². The van der Waals surface area contributed by atoms with Gasteiger partial charge in [-0.25, -0.2) is 4.79 Å². The molecule has 1 aromatic carbocycles. The molecule has 2 saturated heterocycles. The zero-order chi connectivity index (χ0) is 22.1. The third kappa shape index (κ3) is 4.71. The molecule has 0 aliphatic carbocycles. The lowest BCUT2D eigenvalue weighted by Crippen LogP contribution is -2.61. The number of hydrogen-bond donors (Lipinski definition) is 0. The molecule has 0 aromatic heterocycles. The Balaban J connectivity index is 1.80. The fourth-order valence-corrected chi connectivity index (χ4v) is 4.21. The van der Waals surface area contributed by atoms with Gasteiger partial charge in [0.2, 0.25) is 5.91 Å². The summed E-state index contributed by atoms with van der Waals surface area (Å²) in [5.74, 6) is 0.124. The third-order valence-electron chi connectivity index (χ3n) is 5.57. The predicted molar refractivity (Wildman–Crippen MR) is 105 cm³/mol. The number of halogens is 3. The summed E-state index contributed by atoms with van der Waals surface area (Å²) in [5.41, 5.74) is -0.316. The normalized spacial score (nSPS) is 22.3. The molecule has 0 saturated carbocycles. The van der Waals surface area contributed by atoms with E-state index < -0.39 is 17.8 Å². The second-order valence-corrected chi connectivity index (χ2v) is 8.34. The Morgan fingerprint density at radius 3 is 2.50 bits per heavy atom. The lowest BCUT2D eigenvalue weighted by Gasteiger charge is -2.42. The molecule has 1 aromatic rings. The van der Waals surface area contributed by atoms with E-state index in [9.17, 15) is 22.8 Å². The molecule has 9 heteroatoms. The van der Waals surface area contributed by atoms with E-state index in [2.05, 4.69) is 0 Å². The van der Waals surface area contributed by atoms with Crippen molar-refractivity contribution in [2.24, 2.45) is 5.92 Å². The second-order valence-electron chi connectivity index (χ2n) is 8.34. The van der Waals surface area contributed by atoms with E-state index in [1.165, 1.54) is 6.07 Å². The Hall–Kier alpha value is -2.29. The lowest BCUT2D eigenvalue weighted by atomic mass is 9.97. The smallest absolute Gasteiger partial charge is 0.383 e. The molecule has 2 heterocycles. The van der Waals surface area contributed by atoms with Crippen molar-refractivity contribution in [1.82, 2.24) is 14.7 Å². The van der Waals surface area contributed by atoms with Gasteiger partial charge < -0.3 is 19.4 Å². The summed E-state index contributed by atoms with van der Waals surface area (Å²) in [4.78, 5) is 31.0. The maximum atomic E-state index is 13.1. The molecule has 0 bridgehead atoms. The van der Waals surface area contributed by atoms with Crippen molar-refractivity contribution in [3.8, 4) is 0 Å². The van der Waals surface area contributed by atoms with Gasteiger partial charge in [-0.2, -0.15) is 13.2 Å². The van der Waals surface area contributed by atoms with E-state index in [1.807, 2.05) is 13.8 Å². The zero-order valence-corrected chi connectivity index (χ0v) is 17.5. The van der Waals surface area contributed by atoms with Gasteiger partial charge in [0.15, 0.2) is 0 Å². The first-order valence-electron chi connectivity index (χ1n) is 10.1. The summed E-state index contributed by atoms with van der Waals surface area (Å²) < 4.78 is 44.2. The van der Waals surface area contributed by atoms with Gasteiger partial charge in [-0.1, -0.05) is 26.0 Å². The predicted octanol–water partition coefficient (Wildman–Crippen LogP) is 3.21. The maximum absolute atomic E-state index is 13.1. The van der Waals surface area contributed by atoms with E-state index >= 15 is 0 Å². The highest BCUT2D eigenvalue weighted by Gasteiger charge is 2.49. The molecule has 2 aliphatic rings. The highest BCUT2D eigenvalue weighted by atomic mass is 19.4. The van der Waals surface area contributed by atoms with Gasteiger partial charge in [0.25, 0.3) is 0 Å². The maximum Gasteiger partial charge on any atom is 0.416 e. The number of hydrogen-bond acceptors (Lipinski definition) is 3. The topological polar surface area (TPSA) is 53.1 Å². The van der Waals surface area contributed by atoms with Crippen LogP contribution in [0.1, 0.15) is 31.4 Å². The number of ether oxygens (including phenoxy) is 1. The molecular formula is C21H28F3N3O3. The number of benzene rings is 1. The van der Waals surface area contributed by atoms with Gasteiger partial charge in [0.1, 0.15) is 6.04 Å². The summed E-state index contributed by atoms with van der Waals surface area (Å²) in [6.45, 7) is 5.72. The number of piperazine rings is 1. The number of nitrogens with zero attached hydrogens (tertiary/aromatic N) is 3. The molecule has 0 radical (unpaired) electrons. The highest BCUT2D eigenvalue weighted by Crippen LogP contribution is 2.32. The van der Waals surface area contributed by atoms with Crippen LogP contribution in [0.2, 0.25) is 0 Å². The number of carbonyl (C=O) groups excluding carboxylic acids is 2. The van der Waals surface area contributed by atoms with Crippen molar-refractivity contribution in [2.75, 3.05) is 33.4 Å². The number of amides is 3. The van der Waals surface area contributed by atoms with Gasteiger partial charge in [0.05, 0.1) is 18.2 Å². The molecule has 2 aliphatic heterocycles. The average molecular weight is 427 g/mol. The Morgan fingerprint density at radius 1 is 1.17 bits per heavy atom. The molecular weight excluding hydrogens is 399 g/mol. The molecule has 3 amide bonds. The van der Waals surface area contributed by atoms with Crippen LogP contribution < -0.4 is 0 Å². The fraction of sp³-hybridized carbons (Fsp3) is 0.619. The minimum atomic E-state index is -4.43. The highest BCUT2D eigenvalue weighted by molar-refractivity contribution is 5.90. The van der Waals surface area contributed by atoms with Crippen LogP contribution in [0.3, 0.4) is 0 Å². The molecule has 2 fully saturated rings. The van der Waals surface area contributed by atoms with Crippen LogP contribution in [0.15, 0.2) is 24.3 Å². The standard InChI is InChI=1S/C21H28F3N3O3/c1-14(2)9-18-19(28)25(7-8-30-3)12-17-13-26(20(29)27(17)18)11-15-5-4-6-16(10-15)21(22,23)24/h4-6,10,14,17-18H,7-9,11-13H2,1-3H3/t17-,18-/m0/s1. The van der Waals surface area contributed by atoms with Crippen molar-refractivity contribution in [3.63, 3.8) is 0 Å². The second kappa shape index (κ2) is 8.83. The van der Waals surface area contributed by atoms with Gasteiger partial charge >= 0.3 is 12.2 Å². The number of methoxy groups -OCH3 is 1. The molecule has 0 unspecified atom stereocenters. The molecule has 0 N–H and O–H groups in total. The fourth-order valence-electron chi connectivity index (χ4n) is 4.21. The van der Waals surface area contributed by atoms with Crippen molar-refractivity contribution in [2.45, 2.75) is 45.1 Å². The summed E-state index contributed by atoms with van der Waals surface area (Å²) in [7, 11) is 1.57. The van der Waals surface area contributed by atoms with Crippen molar-refractivity contribution in [1.29, 1.82) is 0 Å². The van der Waals surface area contributed by atoms with E-state index in [0.717, 1.165) is 12.1 Å². The molecule has 2 atom stereocenters. The summed E-state index contributed by atoms with van der Waals surface area (Å²) in [6, 6.07) is 4.00. The minimum Gasteiger partial charge on any atom is -0.383 e. The van der Waals surface area contributed by atoms with E-state index in [1.54, 1.807) is 27.9 Å². The van der Waals surface area contributed by atoms with Crippen LogP contribution in [0.5, 0.6) is 0 Å². The SMILES string of the molecule is COCCN1C[C@H]2CN(Cc3cccc(C(F)(F)F)c3)C(=O)N2[C@@H](CC(C)C)C1=O. The number of urea groups is 1. The number of alkyl halides is 3. The first-order chi connectivity index (χ1) is 14.1. The number of rotatable bonds is 7. The van der Waals surface area contributed by atoms with Crippen LogP contribution in [0, 0.1) is 5.92 Å². The van der Waals surface area contributed by atoms with E-state index in [4.69, 9.17) is 4.74 Å². The van der Waals surface area contributed by atoms with Crippen LogP contribution in [-0.2, 0) is 22.3 Å². The quantitative estimate of drug-likeness (QED) is 0.672. The Bertz CT molecular complexity index is 784. The summed E-state index contributed by atoms with van der Waals surface area (Å²) in [5, 5.41) is 0.